The molecular weight excluding hydrogens is 272 g/mol. The van der Waals surface area contributed by atoms with E-state index in [1.165, 1.54) is 10.8 Å². The van der Waals surface area contributed by atoms with E-state index >= 15 is 0 Å². The summed E-state index contributed by atoms with van der Waals surface area (Å²) in [5, 5.41) is 28.7. The number of hydrogen-bond donors (Lipinski definition) is 2. The Labute approximate surface area is 126 Å². The van der Waals surface area contributed by atoms with Crippen molar-refractivity contribution in [2.45, 2.75) is 0 Å². The Morgan fingerprint density at radius 1 is 0.500 bits per heavy atom. The Bertz CT molecular complexity index is 1100. The van der Waals surface area contributed by atoms with Crippen molar-refractivity contribution in [2.24, 2.45) is 0 Å². The van der Waals surface area contributed by atoms with Gasteiger partial charge in [0, 0.05) is 0 Å². The SMILES string of the molecule is Oc1cc2cc(O)cc3c4cccc5cccc(c(c1)c23)c54. The number of phenols is 2. The molecule has 2 N–H and O–H groups in total. The second-order valence-corrected chi connectivity index (χ2v) is 5.79. The maximum atomic E-state index is 10.1. The van der Waals surface area contributed by atoms with Crippen LogP contribution in [0, 0.1) is 0 Å². The molecule has 0 aliphatic carbocycles. The van der Waals surface area contributed by atoms with E-state index in [0.717, 1.165) is 32.3 Å². The molecule has 22 heavy (non-hydrogen) atoms. The van der Waals surface area contributed by atoms with E-state index in [2.05, 4.69) is 24.3 Å². The Kier molecular flexibility index (Phi) is 2.01. The van der Waals surface area contributed by atoms with E-state index in [4.69, 9.17) is 0 Å². The van der Waals surface area contributed by atoms with Crippen LogP contribution in [0.3, 0.4) is 0 Å². The molecule has 0 amide bonds. The van der Waals surface area contributed by atoms with E-state index in [1.54, 1.807) is 12.1 Å². The zero-order chi connectivity index (χ0) is 14.8. The molecular formula is C20H12O2. The van der Waals surface area contributed by atoms with Crippen LogP contribution in [-0.4, -0.2) is 10.2 Å². The summed E-state index contributed by atoms with van der Waals surface area (Å²) in [7, 11) is 0. The van der Waals surface area contributed by atoms with Crippen LogP contribution in [0.4, 0.5) is 0 Å². The molecule has 0 fully saturated rings. The van der Waals surface area contributed by atoms with Gasteiger partial charge in [0.25, 0.3) is 0 Å². The summed E-state index contributed by atoms with van der Waals surface area (Å²) in [4.78, 5) is 0. The molecule has 0 atom stereocenters. The van der Waals surface area contributed by atoms with Crippen molar-refractivity contribution < 1.29 is 10.2 Å². The van der Waals surface area contributed by atoms with Gasteiger partial charge in [-0.05, 0) is 67.4 Å². The molecule has 0 aliphatic heterocycles. The molecule has 0 saturated carbocycles. The van der Waals surface area contributed by atoms with Crippen molar-refractivity contribution in [3.8, 4) is 11.5 Å². The van der Waals surface area contributed by atoms with Crippen LogP contribution in [0.25, 0.3) is 43.1 Å². The third kappa shape index (κ3) is 1.34. The molecule has 104 valence electrons. The molecule has 0 aliphatic rings. The number of benzene rings is 5. The molecule has 5 rings (SSSR count). The third-order valence-corrected chi connectivity index (χ3v) is 4.50. The highest BCUT2D eigenvalue weighted by molar-refractivity contribution is 6.33. The highest BCUT2D eigenvalue weighted by Crippen LogP contribution is 2.42. The van der Waals surface area contributed by atoms with E-state index in [9.17, 15) is 10.2 Å². The van der Waals surface area contributed by atoms with Gasteiger partial charge in [0.1, 0.15) is 11.5 Å². The van der Waals surface area contributed by atoms with Crippen LogP contribution in [0.15, 0.2) is 60.7 Å². The first kappa shape index (κ1) is 11.6. The second-order valence-electron chi connectivity index (χ2n) is 5.79. The summed E-state index contributed by atoms with van der Waals surface area (Å²) in [5.74, 6) is 0.436. The quantitative estimate of drug-likeness (QED) is 0.305. The van der Waals surface area contributed by atoms with Crippen LogP contribution < -0.4 is 0 Å². The van der Waals surface area contributed by atoms with Gasteiger partial charge < -0.3 is 10.2 Å². The minimum Gasteiger partial charge on any atom is -0.508 e. The largest absolute Gasteiger partial charge is 0.508 e. The average Bonchev–Trinajstić information content (AvgIpc) is 2.51. The molecule has 5 aromatic rings. The fourth-order valence-corrected chi connectivity index (χ4v) is 3.70. The Hall–Kier alpha value is -3.00. The van der Waals surface area contributed by atoms with Crippen molar-refractivity contribution in [3.05, 3.63) is 60.7 Å². The van der Waals surface area contributed by atoms with Crippen molar-refractivity contribution >= 4 is 43.1 Å². The lowest BCUT2D eigenvalue weighted by Crippen LogP contribution is -1.86. The first-order valence-corrected chi connectivity index (χ1v) is 7.24. The van der Waals surface area contributed by atoms with Gasteiger partial charge >= 0.3 is 0 Å². The Balaban J connectivity index is 2.28. The van der Waals surface area contributed by atoms with Crippen LogP contribution in [0.1, 0.15) is 0 Å². The van der Waals surface area contributed by atoms with Gasteiger partial charge in [-0.25, -0.2) is 0 Å². The lowest BCUT2D eigenvalue weighted by atomic mass is 9.89. The first-order valence-electron chi connectivity index (χ1n) is 7.24. The highest BCUT2D eigenvalue weighted by Gasteiger charge is 2.14. The number of phenolic OH excluding ortho intramolecular Hbond substituents is 2. The van der Waals surface area contributed by atoms with Gasteiger partial charge in [0.05, 0.1) is 0 Å². The van der Waals surface area contributed by atoms with Crippen molar-refractivity contribution in [3.63, 3.8) is 0 Å². The van der Waals surface area contributed by atoms with E-state index in [-0.39, 0.29) is 11.5 Å². The maximum absolute atomic E-state index is 10.1. The van der Waals surface area contributed by atoms with Crippen molar-refractivity contribution in [1.82, 2.24) is 0 Å². The highest BCUT2D eigenvalue weighted by atomic mass is 16.3. The summed E-state index contributed by atoms with van der Waals surface area (Å²) in [6, 6.07) is 19.5. The normalized spacial score (nSPS) is 12.0. The topological polar surface area (TPSA) is 40.5 Å². The summed E-state index contributed by atoms with van der Waals surface area (Å²) in [6.45, 7) is 0. The third-order valence-electron chi connectivity index (χ3n) is 4.50. The fourth-order valence-electron chi connectivity index (χ4n) is 3.70. The molecule has 0 spiro atoms. The predicted molar refractivity (Wildman–Crippen MR) is 91.0 cm³/mol. The minimum absolute atomic E-state index is 0.218. The fraction of sp³-hybridized carbons (Fsp3) is 0. The van der Waals surface area contributed by atoms with E-state index in [1.807, 2.05) is 24.3 Å². The van der Waals surface area contributed by atoms with Crippen LogP contribution in [0.2, 0.25) is 0 Å². The van der Waals surface area contributed by atoms with E-state index in [0.29, 0.717) is 0 Å². The lowest BCUT2D eigenvalue weighted by Gasteiger charge is -2.14. The first-order chi connectivity index (χ1) is 10.7. The second kappa shape index (κ2) is 3.80. The maximum Gasteiger partial charge on any atom is 0.116 e. The lowest BCUT2D eigenvalue weighted by molar-refractivity contribution is 0.475. The smallest absolute Gasteiger partial charge is 0.116 e. The zero-order valence-corrected chi connectivity index (χ0v) is 11.7. The van der Waals surface area contributed by atoms with Crippen molar-refractivity contribution in [1.29, 1.82) is 0 Å². The van der Waals surface area contributed by atoms with Crippen LogP contribution >= 0.6 is 0 Å². The number of hydrogen-bond acceptors (Lipinski definition) is 2. The summed E-state index contributed by atoms with van der Waals surface area (Å²) in [6.07, 6.45) is 0. The molecule has 0 unspecified atom stereocenters. The van der Waals surface area contributed by atoms with Gasteiger partial charge in [0.15, 0.2) is 0 Å². The monoisotopic (exact) mass is 284 g/mol. The Morgan fingerprint density at radius 3 is 1.55 bits per heavy atom. The average molecular weight is 284 g/mol. The number of rotatable bonds is 0. The van der Waals surface area contributed by atoms with Gasteiger partial charge in [-0.15, -0.1) is 0 Å². The van der Waals surface area contributed by atoms with Gasteiger partial charge in [-0.1, -0.05) is 36.4 Å². The number of fused-ring (bicyclic) bond motifs is 2. The summed E-state index contributed by atoms with van der Waals surface area (Å²) >= 11 is 0. The van der Waals surface area contributed by atoms with Gasteiger partial charge in [0.2, 0.25) is 0 Å². The standard InChI is InChI=1S/C20H12O2/c21-13-7-12-8-14(22)10-18-16-6-2-4-11-3-1-5-15(19(11)16)17(9-13)20(12)18/h1-10,21-22H. The van der Waals surface area contributed by atoms with Crippen LogP contribution in [-0.2, 0) is 0 Å². The van der Waals surface area contributed by atoms with Gasteiger partial charge in [-0.3, -0.25) is 0 Å². The van der Waals surface area contributed by atoms with Crippen molar-refractivity contribution in [2.75, 3.05) is 0 Å². The molecule has 2 nitrogen and oxygen atoms in total. The molecule has 0 radical (unpaired) electrons. The van der Waals surface area contributed by atoms with E-state index < -0.39 is 0 Å². The molecule has 0 saturated heterocycles. The van der Waals surface area contributed by atoms with Crippen LogP contribution in [0.5, 0.6) is 11.5 Å². The molecule has 0 heterocycles. The minimum atomic E-state index is 0.218. The zero-order valence-electron chi connectivity index (χ0n) is 11.7. The summed E-state index contributed by atoms with van der Waals surface area (Å²) < 4.78 is 0. The molecule has 5 aromatic carbocycles. The molecule has 0 aromatic heterocycles. The summed E-state index contributed by atoms with van der Waals surface area (Å²) in [5.41, 5.74) is 0. The Morgan fingerprint density at radius 2 is 1.00 bits per heavy atom. The predicted octanol–water partition coefficient (Wildman–Crippen LogP) is 5.15. The van der Waals surface area contributed by atoms with Gasteiger partial charge in [-0.2, -0.15) is 0 Å². The number of aromatic hydroxyl groups is 2. The molecule has 0 bridgehead atoms. The molecule has 2 heteroatoms.